The van der Waals surface area contributed by atoms with Gasteiger partial charge in [0.05, 0.1) is 12.2 Å². The third-order valence-electron chi connectivity index (χ3n) is 3.60. The van der Waals surface area contributed by atoms with Gasteiger partial charge in [-0.05, 0) is 31.2 Å². The minimum Gasteiger partial charge on any atom is -0.356 e. The van der Waals surface area contributed by atoms with Crippen molar-refractivity contribution in [3.05, 3.63) is 53.5 Å². The number of nitrogens with zero attached hydrogens (tertiary/aromatic N) is 2. The second-order valence-electron chi connectivity index (χ2n) is 5.20. The van der Waals surface area contributed by atoms with Crippen LogP contribution in [0.15, 0.2) is 40.9 Å². The molecule has 1 aromatic heterocycles. The van der Waals surface area contributed by atoms with Crippen molar-refractivity contribution in [2.24, 2.45) is 0 Å². The van der Waals surface area contributed by atoms with Gasteiger partial charge in [0.25, 0.3) is 0 Å². The Hall–Kier alpha value is -2.43. The number of rotatable bonds is 2. The monoisotopic (exact) mass is 286 g/mol. The zero-order chi connectivity index (χ0) is 15.0. The number of carbonyl (C=O) groups excluding carboxylic acids is 1. The van der Waals surface area contributed by atoms with E-state index in [2.05, 4.69) is 11.7 Å². The van der Waals surface area contributed by atoms with Crippen LogP contribution in [0.4, 0.5) is 4.39 Å². The fourth-order valence-corrected chi connectivity index (χ4v) is 2.48. The second kappa shape index (κ2) is 5.16. The fourth-order valence-electron chi connectivity index (χ4n) is 2.48. The van der Waals surface area contributed by atoms with Gasteiger partial charge in [0.15, 0.2) is 5.76 Å². The van der Waals surface area contributed by atoms with Crippen LogP contribution in [-0.2, 0) is 17.8 Å². The Morgan fingerprint density at radius 1 is 1.38 bits per heavy atom. The molecule has 0 N–H and O–H groups in total. The predicted molar refractivity (Wildman–Crippen MR) is 75.8 cm³/mol. The maximum atomic E-state index is 13.0. The molecule has 2 heterocycles. The summed E-state index contributed by atoms with van der Waals surface area (Å²) in [6.45, 7) is 6.44. The van der Waals surface area contributed by atoms with Gasteiger partial charge in [0.1, 0.15) is 5.82 Å². The van der Waals surface area contributed by atoms with Crippen LogP contribution in [-0.4, -0.2) is 22.5 Å². The summed E-state index contributed by atoms with van der Waals surface area (Å²) in [7, 11) is 0. The average molecular weight is 286 g/mol. The first-order valence-electron chi connectivity index (χ1n) is 6.74. The van der Waals surface area contributed by atoms with E-state index >= 15 is 0 Å². The molecule has 1 amide bonds. The summed E-state index contributed by atoms with van der Waals surface area (Å²) in [6, 6.07) is 6.05. The molecule has 0 radical (unpaired) electrons. The number of hydrogen-bond acceptors (Lipinski definition) is 3. The summed E-state index contributed by atoms with van der Waals surface area (Å²) < 4.78 is 18.4. The third kappa shape index (κ3) is 2.46. The normalized spacial score (nSPS) is 13.9. The highest BCUT2D eigenvalue weighted by atomic mass is 19.1. The van der Waals surface area contributed by atoms with E-state index in [4.69, 9.17) is 4.52 Å². The quantitative estimate of drug-likeness (QED) is 0.797. The topological polar surface area (TPSA) is 46.3 Å². The van der Waals surface area contributed by atoms with E-state index in [-0.39, 0.29) is 11.7 Å². The molecule has 108 valence electrons. The highest BCUT2D eigenvalue weighted by Crippen LogP contribution is 2.30. The first-order valence-corrected chi connectivity index (χ1v) is 6.74. The lowest BCUT2D eigenvalue weighted by Crippen LogP contribution is -2.36. The molecule has 1 aliphatic rings. The first-order chi connectivity index (χ1) is 10.1. The molecular formula is C16H15FN2O2. The van der Waals surface area contributed by atoms with Crippen molar-refractivity contribution < 1.29 is 13.7 Å². The van der Waals surface area contributed by atoms with Crippen LogP contribution in [0, 0.1) is 5.82 Å². The Bertz CT molecular complexity index is 704. The molecule has 1 aliphatic heterocycles. The van der Waals surface area contributed by atoms with Gasteiger partial charge in [-0.2, -0.15) is 0 Å². The highest BCUT2D eigenvalue weighted by Gasteiger charge is 2.27. The van der Waals surface area contributed by atoms with Crippen LogP contribution in [0.3, 0.4) is 0 Å². The van der Waals surface area contributed by atoms with E-state index in [1.54, 1.807) is 24.0 Å². The molecule has 21 heavy (non-hydrogen) atoms. The summed E-state index contributed by atoms with van der Waals surface area (Å²) in [5.41, 5.74) is 3.02. The van der Waals surface area contributed by atoms with Gasteiger partial charge < -0.3 is 9.42 Å². The van der Waals surface area contributed by atoms with E-state index in [0.29, 0.717) is 30.8 Å². The number of hydrogen-bond donors (Lipinski definition) is 0. The van der Waals surface area contributed by atoms with Crippen LogP contribution in [0.5, 0.6) is 0 Å². The summed E-state index contributed by atoms with van der Waals surface area (Å²) >= 11 is 0. The average Bonchev–Trinajstić information content (AvgIpc) is 2.90. The summed E-state index contributed by atoms with van der Waals surface area (Å²) in [5, 5.41) is 4.07. The molecule has 0 saturated carbocycles. The number of aromatic nitrogens is 1. The van der Waals surface area contributed by atoms with Crippen LogP contribution >= 0.6 is 0 Å². The largest absolute Gasteiger partial charge is 0.356 e. The molecule has 0 bridgehead atoms. The van der Waals surface area contributed by atoms with Gasteiger partial charge in [-0.1, -0.05) is 11.7 Å². The van der Waals surface area contributed by atoms with Crippen molar-refractivity contribution in [1.29, 1.82) is 0 Å². The predicted octanol–water partition coefficient (Wildman–Crippen LogP) is 2.94. The van der Waals surface area contributed by atoms with Crippen LogP contribution < -0.4 is 0 Å². The van der Waals surface area contributed by atoms with E-state index in [9.17, 15) is 9.18 Å². The number of fused-ring (bicyclic) bond motifs is 1. The van der Waals surface area contributed by atoms with Crippen molar-refractivity contribution >= 4 is 5.91 Å². The number of carbonyl (C=O) groups is 1. The molecule has 0 fully saturated rings. The molecule has 1 aromatic carbocycles. The molecule has 0 aliphatic carbocycles. The lowest BCUT2D eigenvalue weighted by atomic mass is 10.0. The smallest absolute Gasteiger partial charge is 0.249 e. The van der Waals surface area contributed by atoms with Gasteiger partial charge in [0.2, 0.25) is 5.91 Å². The molecule has 2 aromatic rings. The Labute approximate surface area is 121 Å². The summed E-state index contributed by atoms with van der Waals surface area (Å²) in [5.74, 6) is 0.238. The Morgan fingerprint density at radius 2 is 2.10 bits per heavy atom. The number of halogens is 1. The minimum atomic E-state index is -0.300. The lowest BCUT2D eigenvalue weighted by Gasteiger charge is -2.26. The van der Waals surface area contributed by atoms with Crippen molar-refractivity contribution in [3.63, 3.8) is 0 Å². The van der Waals surface area contributed by atoms with E-state index < -0.39 is 0 Å². The molecule has 0 atom stereocenters. The lowest BCUT2D eigenvalue weighted by molar-refractivity contribution is -0.127. The zero-order valence-electron chi connectivity index (χ0n) is 11.7. The van der Waals surface area contributed by atoms with E-state index in [1.165, 1.54) is 12.1 Å². The maximum absolute atomic E-state index is 13.0. The molecule has 0 unspecified atom stereocenters. The van der Waals surface area contributed by atoms with Gasteiger partial charge in [-0.15, -0.1) is 0 Å². The zero-order valence-corrected chi connectivity index (χ0v) is 11.7. The van der Waals surface area contributed by atoms with Crippen molar-refractivity contribution in [3.8, 4) is 11.3 Å². The first kappa shape index (κ1) is 13.5. The second-order valence-corrected chi connectivity index (χ2v) is 5.20. The molecule has 5 heteroatoms. The molecular weight excluding hydrogens is 271 g/mol. The Balaban J connectivity index is 1.94. The molecule has 0 spiro atoms. The van der Waals surface area contributed by atoms with Gasteiger partial charge >= 0.3 is 0 Å². The highest BCUT2D eigenvalue weighted by molar-refractivity contribution is 5.92. The van der Waals surface area contributed by atoms with Crippen molar-refractivity contribution in [2.75, 3.05) is 6.54 Å². The van der Waals surface area contributed by atoms with Crippen LogP contribution in [0.1, 0.15) is 18.2 Å². The maximum Gasteiger partial charge on any atom is 0.249 e. The van der Waals surface area contributed by atoms with Gasteiger partial charge in [0, 0.05) is 29.7 Å². The van der Waals surface area contributed by atoms with Gasteiger partial charge in [-0.25, -0.2) is 4.39 Å². The van der Waals surface area contributed by atoms with Crippen LogP contribution in [0.25, 0.3) is 11.3 Å². The SMILES string of the molecule is C=C(C)C(=O)N1CCc2noc(-c3ccc(F)cc3)c2C1. The van der Waals surface area contributed by atoms with Crippen molar-refractivity contribution in [2.45, 2.75) is 19.9 Å². The number of benzene rings is 1. The fraction of sp³-hybridized carbons (Fsp3) is 0.250. The number of amides is 1. The Kier molecular flexibility index (Phi) is 3.33. The molecule has 0 saturated heterocycles. The van der Waals surface area contributed by atoms with E-state index in [1.807, 2.05) is 0 Å². The Morgan fingerprint density at radius 3 is 2.76 bits per heavy atom. The molecule has 3 rings (SSSR count). The van der Waals surface area contributed by atoms with Crippen LogP contribution in [0.2, 0.25) is 0 Å². The molecule has 4 nitrogen and oxygen atoms in total. The van der Waals surface area contributed by atoms with Gasteiger partial charge in [-0.3, -0.25) is 4.79 Å². The summed E-state index contributed by atoms with van der Waals surface area (Å²) in [6.07, 6.45) is 0.652. The van der Waals surface area contributed by atoms with E-state index in [0.717, 1.165) is 16.8 Å². The summed E-state index contributed by atoms with van der Waals surface area (Å²) in [4.78, 5) is 13.8. The minimum absolute atomic E-state index is 0.0630. The standard InChI is InChI=1S/C16H15FN2O2/c1-10(2)16(20)19-8-7-14-13(9-19)15(21-18-14)11-3-5-12(17)6-4-11/h3-6H,1,7-9H2,2H3. The third-order valence-corrected chi connectivity index (χ3v) is 3.60. The van der Waals surface area contributed by atoms with Crippen molar-refractivity contribution in [1.82, 2.24) is 10.1 Å².